The lowest BCUT2D eigenvalue weighted by Gasteiger charge is -2.11. The van der Waals surface area contributed by atoms with Crippen LogP contribution in [0.15, 0.2) is 0 Å². The van der Waals surface area contributed by atoms with Gasteiger partial charge in [0.05, 0.1) is 18.3 Å². The van der Waals surface area contributed by atoms with Crippen molar-refractivity contribution in [2.24, 2.45) is 5.92 Å². The van der Waals surface area contributed by atoms with Crippen molar-refractivity contribution in [3.63, 3.8) is 0 Å². The predicted molar refractivity (Wildman–Crippen MR) is 40.1 cm³/mol. The maximum absolute atomic E-state index is 10.6. The van der Waals surface area contributed by atoms with Crippen LogP contribution in [0.25, 0.3) is 0 Å². The van der Waals surface area contributed by atoms with Gasteiger partial charge in [-0.2, -0.15) is 8.42 Å². The van der Waals surface area contributed by atoms with E-state index in [2.05, 4.69) is 4.74 Å². The Balaban J connectivity index is 2.67. The molecule has 0 radical (unpaired) electrons. The van der Waals surface area contributed by atoms with Crippen LogP contribution >= 0.6 is 0 Å². The second-order valence-electron chi connectivity index (χ2n) is 2.87. The molecule has 0 aromatic carbocycles. The molecule has 1 heterocycles. The Kier molecular flexibility index (Phi) is 2.39. The van der Waals surface area contributed by atoms with Gasteiger partial charge >= 0.3 is 5.97 Å². The van der Waals surface area contributed by atoms with Crippen molar-refractivity contribution in [3.05, 3.63) is 0 Å². The smallest absolute Gasteiger partial charge is 0.306 e. The monoisotopic (exact) mass is 194 g/mol. The highest BCUT2D eigenvalue weighted by atomic mass is 32.2. The number of esters is 1. The minimum atomic E-state index is -4.04. The molecule has 1 saturated heterocycles. The van der Waals surface area contributed by atoms with Gasteiger partial charge in [0.25, 0.3) is 10.1 Å². The summed E-state index contributed by atoms with van der Waals surface area (Å²) >= 11 is 0. The minimum absolute atomic E-state index is 0.0704. The average molecular weight is 194 g/mol. The lowest BCUT2D eigenvalue weighted by atomic mass is 10.1. The number of carbonyl (C=O) groups is 1. The second kappa shape index (κ2) is 3.02. The molecule has 2 unspecified atom stereocenters. The number of cyclic esters (lactones) is 1. The SMILES string of the molecule is CC(C1COC(=O)C1)S(=O)(=O)O. The van der Waals surface area contributed by atoms with E-state index in [9.17, 15) is 13.2 Å². The highest BCUT2D eigenvalue weighted by Gasteiger charge is 2.34. The van der Waals surface area contributed by atoms with Gasteiger partial charge in [-0.3, -0.25) is 9.35 Å². The van der Waals surface area contributed by atoms with Crippen LogP contribution in [-0.4, -0.2) is 30.8 Å². The van der Waals surface area contributed by atoms with E-state index in [-0.39, 0.29) is 13.0 Å². The van der Waals surface area contributed by atoms with Crippen LogP contribution in [0.2, 0.25) is 0 Å². The lowest BCUT2D eigenvalue weighted by molar-refractivity contribution is -0.137. The fraction of sp³-hybridized carbons (Fsp3) is 0.833. The van der Waals surface area contributed by atoms with Crippen LogP contribution in [0.5, 0.6) is 0 Å². The minimum Gasteiger partial charge on any atom is -0.465 e. The summed E-state index contributed by atoms with van der Waals surface area (Å²) in [4.78, 5) is 10.6. The first-order valence-electron chi connectivity index (χ1n) is 3.53. The van der Waals surface area contributed by atoms with Gasteiger partial charge in [0, 0.05) is 5.92 Å². The number of carbonyl (C=O) groups excluding carboxylic acids is 1. The molecule has 1 aliphatic heterocycles. The van der Waals surface area contributed by atoms with Crippen LogP contribution < -0.4 is 0 Å². The summed E-state index contributed by atoms with van der Waals surface area (Å²) in [5.74, 6) is -0.817. The van der Waals surface area contributed by atoms with Gasteiger partial charge in [0.2, 0.25) is 0 Å². The van der Waals surface area contributed by atoms with Gasteiger partial charge in [-0.05, 0) is 6.92 Å². The number of rotatable bonds is 2. The number of hydrogen-bond acceptors (Lipinski definition) is 4. The molecule has 1 rings (SSSR count). The highest BCUT2D eigenvalue weighted by molar-refractivity contribution is 7.86. The molecule has 1 N–H and O–H groups in total. The standard InChI is InChI=1S/C6H10O5S/c1-4(12(8,9)10)5-2-6(7)11-3-5/h4-5H,2-3H2,1H3,(H,8,9,10). The Morgan fingerprint density at radius 3 is 2.58 bits per heavy atom. The molecule has 70 valence electrons. The molecule has 12 heavy (non-hydrogen) atoms. The zero-order valence-corrected chi connectivity index (χ0v) is 7.37. The van der Waals surface area contributed by atoms with Crippen LogP contribution in [-0.2, 0) is 19.6 Å². The first-order chi connectivity index (χ1) is 5.41. The van der Waals surface area contributed by atoms with Gasteiger partial charge < -0.3 is 4.74 Å². The van der Waals surface area contributed by atoms with E-state index in [0.29, 0.717) is 0 Å². The van der Waals surface area contributed by atoms with E-state index >= 15 is 0 Å². The Bertz CT molecular complexity index is 280. The molecule has 1 aliphatic rings. The molecule has 0 aliphatic carbocycles. The van der Waals surface area contributed by atoms with Gasteiger partial charge in [-0.25, -0.2) is 0 Å². The van der Waals surface area contributed by atoms with Crippen LogP contribution in [0.4, 0.5) is 0 Å². The Morgan fingerprint density at radius 1 is 1.67 bits per heavy atom. The predicted octanol–water partition coefficient (Wildman–Crippen LogP) is -0.174. The Morgan fingerprint density at radius 2 is 2.25 bits per heavy atom. The molecule has 6 heteroatoms. The summed E-state index contributed by atoms with van der Waals surface area (Å²) in [6.07, 6.45) is 0.0704. The zero-order chi connectivity index (χ0) is 9.35. The fourth-order valence-corrected chi connectivity index (χ4v) is 1.74. The lowest BCUT2D eigenvalue weighted by Crippen LogP contribution is -2.26. The second-order valence-corrected chi connectivity index (χ2v) is 4.64. The number of hydrogen-bond donors (Lipinski definition) is 1. The summed E-state index contributed by atoms with van der Waals surface area (Å²) in [6.45, 7) is 1.45. The van der Waals surface area contributed by atoms with Crippen LogP contribution in [0.1, 0.15) is 13.3 Å². The molecule has 0 aromatic rings. The van der Waals surface area contributed by atoms with E-state index in [4.69, 9.17) is 4.55 Å². The summed E-state index contributed by atoms with van der Waals surface area (Å²) in [5.41, 5.74) is 0. The molecule has 0 aromatic heterocycles. The van der Waals surface area contributed by atoms with Gasteiger partial charge in [-0.15, -0.1) is 0 Å². The molecule has 0 saturated carbocycles. The summed E-state index contributed by atoms with van der Waals surface area (Å²) in [5, 5.41) is -0.927. The summed E-state index contributed by atoms with van der Waals surface area (Å²) in [7, 11) is -4.04. The Hall–Kier alpha value is -0.620. The summed E-state index contributed by atoms with van der Waals surface area (Å²) < 4.78 is 34.4. The van der Waals surface area contributed by atoms with Gasteiger partial charge in [-0.1, -0.05) is 0 Å². The zero-order valence-electron chi connectivity index (χ0n) is 6.56. The van der Waals surface area contributed by atoms with Crippen molar-refractivity contribution < 1.29 is 22.5 Å². The molecule has 0 bridgehead atoms. The maximum Gasteiger partial charge on any atom is 0.306 e. The Labute approximate surface area is 70.5 Å². The van der Waals surface area contributed by atoms with Gasteiger partial charge in [0.1, 0.15) is 0 Å². The van der Waals surface area contributed by atoms with Gasteiger partial charge in [0.15, 0.2) is 0 Å². The highest BCUT2D eigenvalue weighted by Crippen LogP contribution is 2.21. The van der Waals surface area contributed by atoms with Crippen molar-refractivity contribution in [2.75, 3.05) is 6.61 Å². The summed E-state index contributed by atoms with van der Waals surface area (Å²) in [6, 6.07) is 0. The molecular weight excluding hydrogens is 184 g/mol. The number of ether oxygens (including phenoxy) is 1. The van der Waals surface area contributed by atoms with E-state index in [1.807, 2.05) is 0 Å². The maximum atomic E-state index is 10.6. The quantitative estimate of drug-likeness (QED) is 0.487. The van der Waals surface area contributed by atoms with Crippen LogP contribution in [0.3, 0.4) is 0 Å². The average Bonchev–Trinajstić information content (AvgIpc) is 2.32. The van der Waals surface area contributed by atoms with Crippen molar-refractivity contribution >= 4 is 16.1 Å². The van der Waals surface area contributed by atoms with Crippen molar-refractivity contribution in [1.29, 1.82) is 0 Å². The molecule has 5 nitrogen and oxygen atoms in total. The van der Waals surface area contributed by atoms with E-state index in [1.54, 1.807) is 0 Å². The van der Waals surface area contributed by atoms with Crippen molar-refractivity contribution in [1.82, 2.24) is 0 Å². The first-order valence-corrected chi connectivity index (χ1v) is 5.03. The normalized spacial score (nSPS) is 26.8. The topological polar surface area (TPSA) is 80.7 Å². The molecule has 0 amide bonds. The first kappa shape index (κ1) is 9.47. The van der Waals surface area contributed by atoms with Crippen LogP contribution in [0, 0.1) is 5.92 Å². The molecular formula is C6H10O5S. The van der Waals surface area contributed by atoms with E-state index in [0.717, 1.165) is 0 Å². The third-order valence-corrected chi connectivity index (χ3v) is 3.35. The fourth-order valence-electron chi connectivity index (χ4n) is 1.08. The van der Waals surface area contributed by atoms with Crippen molar-refractivity contribution in [3.8, 4) is 0 Å². The largest absolute Gasteiger partial charge is 0.465 e. The van der Waals surface area contributed by atoms with Crippen molar-refractivity contribution in [2.45, 2.75) is 18.6 Å². The van der Waals surface area contributed by atoms with E-state index in [1.165, 1.54) is 6.92 Å². The molecule has 2 atom stereocenters. The third kappa shape index (κ3) is 1.95. The molecule has 1 fully saturated rings. The third-order valence-electron chi connectivity index (χ3n) is 2.02. The molecule has 0 spiro atoms. The van der Waals surface area contributed by atoms with E-state index < -0.39 is 27.3 Å².